The lowest BCUT2D eigenvalue weighted by atomic mass is 9.88. The summed E-state index contributed by atoms with van der Waals surface area (Å²) < 4.78 is 6.33. The van der Waals surface area contributed by atoms with Crippen molar-refractivity contribution >= 4 is 19.9 Å². The number of piperidine rings is 1. The Labute approximate surface area is 206 Å². The van der Waals surface area contributed by atoms with E-state index in [2.05, 4.69) is 70.4 Å². The van der Waals surface area contributed by atoms with E-state index in [0.29, 0.717) is 18.9 Å². The molecule has 2 aromatic carbocycles. The molecule has 0 bridgehead atoms. The average molecular weight is 483 g/mol. The van der Waals surface area contributed by atoms with E-state index < -0.39 is 20.6 Å². The molecule has 1 aliphatic rings. The first-order valence-corrected chi connectivity index (χ1v) is 15.4. The Hall–Kier alpha value is -2.15. The van der Waals surface area contributed by atoms with Crippen LogP contribution in [0.3, 0.4) is 0 Å². The maximum atomic E-state index is 12.9. The zero-order valence-electron chi connectivity index (χ0n) is 21.9. The molecule has 0 aliphatic carbocycles. The lowest BCUT2D eigenvalue weighted by molar-refractivity contribution is -0.129. The second kappa shape index (κ2) is 10.6. The summed E-state index contributed by atoms with van der Waals surface area (Å²) in [6.07, 6.45) is 2.02. The summed E-state index contributed by atoms with van der Waals surface area (Å²) in [5, 5.41) is 13.9. The predicted molar refractivity (Wildman–Crippen MR) is 143 cm³/mol. The Morgan fingerprint density at radius 3 is 2.32 bits per heavy atom. The number of rotatable bonds is 7. The van der Waals surface area contributed by atoms with E-state index in [1.807, 2.05) is 36.1 Å². The van der Waals surface area contributed by atoms with Crippen LogP contribution in [-0.4, -0.2) is 43.0 Å². The maximum Gasteiger partial charge on any atom is 0.250 e. The van der Waals surface area contributed by atoms with Crippen LogP contribution in [0.5, 0.6) is 5.75 Å². The molecule has 3 atom stereocenters. The molecule has 1 amide bonds. The Morgan fingerprint density at radius 1 is 1.15 bits per heavy atom. The summed E-state index contributed by atoms with van der Waals surface area (Å²) in [6.45, 7) is 15.8. The van der Waals surface area contributed by atoms with E-state index in [9.17, 15) is 9.90 Å². The van der Waals surface area contributed by atoms with E-state index in [-0.39, 0.29) is 10.9 Å². The normalized spacial score (nSPS) is 20.6. The lowest BCUT2D eigenvalue weighted by Gasteiger charge is -2.39. The largest absolute Gasteiger partial charge is 0.544 e. The molecule has 6 heteroatoms. The van der Waals surface area contributed by atoms with Crippen molar-refractivity contribution < 1.29 is 14.3 Å². The summed E-state index contributed by atoms with van der Waals surface area (Å²) in [5.41, 5.74) is 3.31. The van der Waals surface area contributed by atoms with E-state index in [4.69, 9.17) is 4.43 Å². The Bertz CT molecular complexity index is 951. The number of nitrogens with zero attached hydrogens (tertiary/aromatic N) is 1. The molecule has 34 heavy (non-hydrogen) atoms. The van der Waals surface area contributed by atoms with Gasteiger partial charge >= 0.3 is 0 Å². The summed E-state index contributed by atoms with van der Waals surface area (Å²) in [6, 6.07) is 15.8. The van der Waals surface area contributed by atoms with Crippen molar-refractivity contribution in [1.29, 1.82) is 0 Å². The number of aliphatic hydroxyl groups is 1. The number of hydrogen-bond acceptors (Lipinski definition) is 4. The molecule has 186 valence electrons. The SMILES string of the molecule is Cc1ccc(CC2CCN(C(C)C(=O)Nc3ccc(O[Si](C)(C)C(C)(C)C)cc3)C(O)C2)cc1. The van der Waals surface area contributed by atoms with E-state index in [1.54, 1.807) is 0 Å². The van der Waals surface area contributed by atoms with Crippen molar-refractivity contribution in [3.8, 4) is 5.75 Å². The van der Waals surface area contributed by atoms with Gasteiger partial charge in [0.15, 0.2) is 0 Å². The quantitative estimate of drug-likeness (QED) is 0.477. The highest BCUT2D eigenvalue weighted by atomic mass is 28.4. The molecule has 5 nitrogen and oxygen atoms in total. The fourth-order valence-corrected chi connectivity index (χ4v) is 5.21. The van der Waals surface area contributed by atoms with Gasteiger partial charge in [-0.1, -0.05) is 50.6 Å². The van der Waals surface area contributed by atoms with E-state index in [0.717, 1.165) is 24.3 Å². The lowest BCUT2D eigenvalue weighted by Crippen LogP contribution is -2.51. The minimum atomic E-state index is -1.90. The minimum absolute atomic E-state index is 0.103. The van der Waals surface area contributed by atoms with Crippen LogP contribution >= 0.6 is 0 Å². The number of anilines is 1. The molecular formula is C28H42N2O3Si. The number of likely N-dealkylation sites (tertiary alicyclic amines) is 1. The molecule has 1 heterocycles. The van der Waals surface area contributed by atoms with Gasteiger partial charge in [-0.3, -0.25) is 9.69 Å². The second-order valence-electron chi connectivity index (χ2n) is 11.4. The highest BCUT2D eigenvalue weighted by molar-refractivity contribution is 6.74. The molecular weight excluding hydrogens is 440 g/mol. The zero-order chi connectivity index (χ0) is 25.1. The molecule has 0 saturated carbocycles. The third-order valence-corrected chi connectivity index (χ3v) is 11.9. The highest BCUT2D eigenvalue weighted by Gasteiger charge is 2.39. The summed E-state index contributed by atoms with van der Waals surface area (Å²) in [4.78, 5) is 14.8. The van der Waals surface area contributed by atoms with Crippen LogP contribution in [0.2, 0.25) is 18.1 Å². The number of aliphatic hydroxyl groups excluding tert-OH is 1. The standard InChI is InChI=1S/C28H42N2O3Si/c1-20-8-10-22(11-9-20)18-23-16-17-30(26(31)19-23)21(2)27(32)29-24-12-14-25(15-13-24)33-34(6,7)28(3,4)5/h8-15,21,23,26,31H,16-19H2,1-7H3,(H,29,32). The number of carbonyl (C=O) groups excluding carboxylic acids is 1. The van der Waals surface area contributed by atoms with Gasteiger partial charge in [0, 0.05) is 12.2 Å². The number of aryl methyl sites for hydroxylation is 1. The number of nitrogens with one attached hydrogen (secondary N) is 1. The highest BCUT2D eigenvalue weighted by Crippen LogP contribution is 2.37. The van der Waals surface area contributed by atoms with E-state index >= 15 is 0 Å². The summed E-state index contributed by atoms with van der Waals surface area (Å²) >= 11 is 0. The van der Waals surface area contributed by atoms with Crippen molar-refractivity contribution in [2.75, 3.05) is 11.9 Å². The van der Waals surface area contributed by atoms with Crippen molar-refractivity contribution in [2.45, 2.75) is 84.3 Å². The van der Waals surface area contributed by atoms with Gasteiger partial charge in [-0.25, -0.2) is 0 Å². The molecule has 3 unspecified atom stereocenters. The van der Waals surface area contributed by atoms with Gasteiger partial charge < -0.3 is 14.8 Å². The molecule has 0 aromatic heterocycles. The Balaban J connectivity index is 1.53. The fraction of sp³-hybridized carbons (Fsp3) is 0.536. The van der Waals surface area contributed by atoms with Gasteiger partial charge in [0.05, 0.1) is 6.04 Å². The fourth-order valence-electron chi connectivity index (χ4n) is 4.18. The summed E-state index contributed by atoms with van der Waals surface area (Å²) in [5.74, 6) is 1.16. The van der Waals surface area contributed by atoms with Crippen molar-refractivity contribution in [3.05, 3.63) is 59.7 Å². The first kappa shape index (κ1) is 26.5. The van der Waals surface area contributed by atoms with E-state index in [1.165, 1.54) is 11.1 Å². The van der Waals surface area contributed by atoms with Crippen LogP contribution < -0.4 is 9.74 Å². The third kappa shape index (κ3) is 6.71. The molecule has 0 radical (unpaired) electrons. The van der Waals surface area contributed by atoms with Crippen LogP contribution in [0.1, 0.15) is 51.7 Å². The smallest absolute Gasteiger partial charge is 0.250 e. The number of benzene rings is 2. The second-order valence-corrected chi connectivity index (χ2v) is 16.1. The third-order valence-electron chi connectivity index (χ3n) is 7.55. The van der Waals surface area contributed by atoms with Crippen molar-refractivity contribution in [1.82, 2.24) is 4.90 Å². The first-order valence-electron chi connectivity index (χ1n) is 12.4. The number of amides is 1. The zero-order valence-corrected chi connectivity index (χ0v) is 22.9. The van der Waals surface area contributed by atoms with Crippen LogP contribution in [0.25, 0.3) is 0 Å². The van der Waals surface area contributed by atoms with Crippen LogP contribution in [0, 0.1) is 12.8 Å². The van der Waals surface area contributed by atoms with Crippen LogP contribution in [0.15, 0.2) is 48.5 Å². The number of carbonyl (C=O) groups is 1. The van der Waals surface area contributed by atoms with Gasteiger partial charge in [-0.2, -0.15) is 0 Å². The van der Waals surface area contributed by atoms with Crippen LogP contribution in [-0.2, 0) is 11.2 Å². The number of hydrogen-bond donors (Lipinski definition) is 2. The monoisotopic (exact) mass is 482 g/mol. The molecule has 2 N–H and O–H groups in total. The first-order chi connectivity index (χ1) is 15.9. The van der Waals surface area contributed by atoms with Gasteiger partial charge in [-0.15, -0.1) is 0 Å². The molecule has 0 spiro atoms. The molecule has 1 fully saturated rings. The Morgan fingerprint density at radius 2 is 1.76 bits per heavy atom. The predicted octanol–water partition coefficient (Wildman–Crippen LogP) is 5.98. The maximum absolute atomic E-state index is 12.9. The minimum Gasteiger partial charge on any atom is -0.544 e. The van der Waals surface area contributed by atoms with Gasteiger partial charge in [0.25, 0.3) is 0 Å². The van der Waals surface area contributed by atoms with Gasteiger partial charge in [-0.05, 0) is 87.0 Å². The summed E-state index contributed by atoms with van der Waals surface area (Å²) in [7, 11) is -1.90. The molecule has 1 saturated heterocycles. The van der Waals surface area contributed by atoms with Crippen LogP contribution in [0.4, 0.5) is 5.69 Å². The van der Waals surface area contributed by atoms with Crippen molar-refractivity contribution in [3.63, 3.8) is 0 Å². The molecule has 3 rings (SSSR count). The molecule has 2 aromatic rings. The average Bonchev–Trinajstić information content (AvgIpc) is 2.75. The van der Waals surface area contributed by atoms with Gasteiger partial charge in [0.2, 0.25) is 14.2 Å². The van der Waals surface area contributed by atoms with Gasteiger partial charge in [0.1, 0.15) is 12.0 Å². The van der Waals surface area contributed by atoms with Crippen molar-refractivity contribution in [2.24, 2.45) is 5.92 Å². The topological polar surface area (TPSA) is 61.8 Å². The Kier molecular flexibility index (Phi) is 8.27. The molecule has 1 aliphatic heterocycles.